The van der Waals surface area contributed by atoms with Gasteiger partial charge in [-0.2, -0.15) is 0 Å². The molecule has 0 fully saturated rings. The lowest BCUT2D eigenvalue weighted by Gasteiger charge is -2.00. The molecule has 0 amide bonds. The fraction of sp³-hybridized carbons (Fsp3) is 0.400. The van der Waals surface area contributed by atoms with Crippen molar-refractivity contribution in [2.75, 3.05) is 5.88 Å². The minimum atomic E-state index is -0.773. The van der Waals surface area contributed by atoms with E-state index in [1.165, 1.54) is 0 Å². The third-order valence-corrected chi connectivity index (χ3v) is 1.39. The van der Waals surface area contributed by atoms with E-state index >= 15 is 0 Å². The van der Waals surface area contributed by atoms with E-state index < -0.39 is 11.3 Å². The van der Waals surface area contributed by atoms with E-state index in [1.807, 2.05) is 0 Å². The standard InChI is InChI=1S/C5H6Cl2O2/c1-2-9-5(8)4(7)3-6/h2,4H,1,3H2. The van der Waals surface area contributed by atoms with Gasteiger partial charge in [0.1, 0.15) is 5.38 Å². The Kier molecular flexibility index (Phi) is 4.54. The van der Waals surface area contributed by atoms with Crippen LogP contribution in [0.3, 0.4) is 0 Å². The molecule has 1 atom stereocenters. The van der Waals surface area contributed by atoms with Gasteiger partial charge in [-0.15, -0.1) is 23.2 Å². The molecule has 1 unspecified atom stereocenters. The van der Waals surface area contributed by atoms with Gasteiger partial charge in [-0.3, -0.25) is 4.79 Å². The lowest BCUT2D eigenvalue weighted by atomic mass is 10.5. The molecule has 0 aliphatic rings. The highest BCUT2D eigenvalue weighted by molar-refractivity contribution is 6.35. The molecule has 0 aliphatic carbocycles. The molecule has 0 saturated heterocycles. The summed E-state index contributed by atoms with van der Waals surface area (Å²) in [5, 5.41) is -0.773. The summed E-state index contributed by atoms with van der Waals surface area (Å²) in [6.07, 6.45) is 1.02. The molecule has 2 nitrogen and oxygen atoms in total. The molecule has 0 N–H and O–H groups in total. The second-order valence-corrected chi connectivity index (χ2v) is 2.06. The van der Waals surface area contributed by atoms with E-state index in [4.69, 9.17) is 23.2 Å². The number of hydrogen-bond acceptors (Lipinski definition) is 2. The van der Waals surface area contributed by atoms with Crippen LogP contribution in [0.4, 0.5) is 0 Å². The molecule has 52 valence electrons. The Labute approximate surface area is 63.4 Å². The Morgan fingerprint density at radius 1 is 1.89 bits per heavy atom. The summed E-state index contributed by atoms with van der Waals surface area (Å²) in [4.78, 5) is 10.5. The Hall–Kier alpha value is -0.210. The Morgan fingerprint density at radius 2 is 2.44 bits per heavy atom. The third kappa shape index (κ3) is 3.38. The van der Waals surface area contributed by atoms with Gasteiger partial charge in [-0.1, -0.05) is 6.58 Å². The number of hydrogen-bond donors (Lipinski definition) is 0. The first kappa shape index (κ1) is 8.79. The van der Waals surface area contributed by atoms with Crippen molar-refractivity contribution in [1.29, 1.82) is 0 Å². The number of alkyl halides is 2. The molecular weight excluding hydrogens is 163 g/mol. The van der Waals surface area contributed by atoms with Crippen LogP contribution in [0.5, 0.6) is 0 Å². The predicted octanol–water partition coefficient (Wildman–Crippen LogP) is 1.52. The van der Waals surface area contributed by atoms with Gasteiger partial charge in [-0.05, 0) is 0 Å². The summed E-state index contributed by atoms with van der Waals surface area (Å²) in [7, 11) is 0. The Bertz CT molecular complexity index is 114. The highest BCUT2D eigenvalue weighted by Crippen LogP contribution is 2.00. The molecule has 0 rings (SSSR count). The van der Waals surface area contributed by atoms with Crippen LogP contribution in [0.1, 0.15) is 0 Å². The first-order valence-corrected chi connectivity index (χ1v) is 3.21. The van der Waals surface area contributed by atoms with Crippen LogP contribution < -0.4 is 0 Å². The van der Waals surface area contributed by atoms with Crippen molar-refractivity contribution < 1.29 is 9.53 Å². The monoisotopic (exact) mass is 168 g/mol. The molecule has 0 spiro atoms. The minimum Gasteiger partial charge on any atom is -0.434 e. The average Bonchev–Trinajstić information content (AvgIpc) is 1.87. The van der Waals surface area contributed by atoms with Crippen molar-refractivity contribution in [2.45, 2.75) is 5.38 Å². The van der Waals surface area contributed by atoms with Crippen LogP contribution in [0.15, 0.2) is 12.8 Å². The molecule has 4 heteroatoms. The van der Waals surface area contributed by atoms with Crippen LogP contribution in [0.25, 0.3) is 0 Å². The molecule has 0 saturated carbocycles. The zero-order valence-electron chi connectivity index (χ0n) is 4.64. The van der Waals surface area contributed by atoms with Crippen molar-refractivity contribution in [3.05, 3.63) is 12.8 Å². The fourth-order valence-corrected chi connectivity index (χ4v) is 0.396. The minimum absolute atomic E-state index is 0.0498. The van der Waals surface area contributed by atoms with Gasteiger partial charge in [0.25, 0.3) is 0 Å². The lowest BCUT2D eigenvalue weighted by Crippen LogP contribution is -2.16. The van der Waals surface area contributed by atoms with Crippen LogP contribution in [0, 0.1) is 0 Å². The maximum Gasteiger partial charge on any atom is 0.330 e. The highest BCUT2D eigenvalue weighted by atomic mass is 35.5. The van der Waals surface area contributed by atoms with Crippen LogP contribution >= 0.6 is 23.2 Å². The maximum absolute atomic E-state index is 10.5. The van der Waals surface area contributed by atoms with Crippen LogP contribution in [-0.2, 0) is 9.53 Å². The highest BCUT2D eigenvalue weighted by Gasteiger charge is 2.13. The normalized spacial score (nSPS) is 12.2. The van der Waals surface area contributed by atoms with Crippen molar-refractivity contribution in [1.82, 2.24) is 0 Å². The number of esters is 1. The molecule has 0 bridgehead atoms. The first-order valence-electron chi connectivity index (χ1n) is 2.23. The topological polar surface area (TPSA) is 26.3 Å². The third-order valence-electron chi connectivity index (χ3n) is 0.591. The molecule has 0 aromatic carbocycles. The van der Waals surface area contributed by atoms with Crippen molar-refractivity contribution in [3.63, 3.8) is 0 Å². The largest absolute Gasteiger partial charge is 0.434 e. The molecular formula is C5H6Cl2O2. The summed E-state index contributed by atoms with van der Waals surface area (Å²) in [6, 6.07) is 0. The second kappa shape index (κ2) is 4.65. The van der Waals surface area contributed by atoms with Gasteiger partial charge < -0.3 is 4.74 Å². The zero-order valence-corrected chi connectivity index (χ0v) is 6.15. The summed E-state index contributed by atoms with van der Waals surface area (Å²) < 4.78 is 4.30. The van der Waals surface area contributed by atoms with Crippen molar-refractivity contribution in [2.24, 2.45) is 0 Å². The molecule has 0 heterocycles. The van der Waals surface area contributed by atoms with E-state index in [0.717, 1.165) is 6.26 Å². The van der Waals surface area contributed by atoms with Crippen molar-refractivity contribution in [3.8, 4) is 0 Å². The van der Waals surface area contributed by atoms with E-state index in [9.17, 15) is 4.79 Å². The summed E-state index contributed by atoms with van der Waals surface area (Å²) in [6.45, 7) is 3.17. The zero-order chi connectivity index (χ0) is 7.28. The first-order chi connectivity index (χ1) is 4.22. The number of rotatable bonds is 3. The number of carbonyl (C=O) groups excluding carboxylic acids is 1. The fourth-order valence-electron chi connectivity index (χ4n) is 0.219. The number of ether oxygens (including phenoxy) is 1. The van der Waals surface area contributed by atoms with Gasteiger partial charge in [0.2, 0.25) is 0 Å². The summed E-state index contributed by atoms with van der Waals surface area (Å²) >= 11 is 10.6. The maximum atomic E-state index is 10.5. The molecule has 0 aromatic rings. The van der Waals surface area contributed by atoms with Gasteiger partial charge in [0, 0.05) is 5.88 Å². The van der Waals surface area contributed by atoms with Gasteiger partial charge in [-0.25, -0.2) is 0 Å². The number of halogens is 2. The summed E-state index contributed by atoms with van der Waals surface area (Å²) in [5.74, 6) is -0.518. The average molecular weight is 169 g/mol. The molecule has 9 heavy (non-hydrogen) atoms. The van der Waals surface area contributed by atoms with E-state index in [1.54, 1.807) is 0 Å². The molecule has 0 radical (unpaired) electrons. The van der Waals surface area contributed by atoms with Crippen LogP contribution in [-0.4, -0.2) is 17.2 Å². The predicted molar refractivity (Wildman–Crippen MR) is 36.7 cm³/mol. The van der Waals surface area contributed by atoms with Gasteiger partial charge in [0.05, 0.1) is 6.26 Å². The lowest BCUT2D eigenvalue weighted by molar-refractivity contribution is -0.137. The smallest absolute Gasteiger partial charge is 0.330 e. The van der Waals surface area contributed by atoms with Crippen molar-refractivity contribution >= 4 is 29.2 Å². The van der Waals surface area contributed by atoms with Gasteiger partial charge >= 0.3 is 5.97 Å². The number of carbonyl (C=O) groups is 1. The summed E-state index contributed by atoms with van der Waals surface area (Å²) in [5.41, 5.74) is 0. The molecule has 0 aromatic heterocycles. The Balaban J connectivity index is 3.58. The van der Waals surface area contributed by atoms with E-state index in [0.29, 0.717) is 0 Å². The quantitative estimate of drug-likeness (QED) is 0.363. The van der Waals surface area contributed by atoms with Crippen LogP contribution in [0.2, 0.25) is 0 Å². The SMILES string of the molecule is C=COC(=O)C(Cl)CCl. The second-order valence-electron chi connectivity index (χ2n) is 1.23. The Morgan fingerprint density at radius 3 is 2.78 bits per heavy atom. The van der Waals surface area contributed by atoms with E-state index in [2.05, 4.69) is 11.3 Å². The molecule has 0 aliphatic heterocycles. The van der Waals surface area contributed by atoms with E-state index in [-0.39, 0.29) is 5.88 Å². The van der Waals surface area contributed by atoms with Gasteiger partial charge in [0.15, 0.2) is 0 Å².